The lowest BCUT2D eigenvalue weighted by atomic mass is 10.1. The van der Waals surface area contributed by atoms with Gasteiger partial charge in [0.25, 0.3) is 5.91 Å². The third-order valence-corrected chi connectivity index (χ3v) is 4.70. The lowest BCUT2D eigenvalue weighted by molar-refractivity contribution is -0.117. The van der Waals surface area contributed by atoms with E-state index in [4.69, 9.17) is 0 Å². The lowest BCUT2D eigenvalue weighted by Crippen LogP contribution is -2.34. The Balaban J connectivity index is 1.59. The highest BCUT2D eigenvalue weighted by atomic mass is 19.1. The predicted molar refractivity (Wildman–Crippen MR) is 99.4 cm³/mol. The lowest BCUT2D eigenvalue weighted by Gasteiger charge is -2.15. The second-order valence-electron chi connectivity index (χ2n) is 7.06. The van der Waals surface area contributed by atoms with Gasteiger partial charge in [-0.15, -0.1) is 0 Å². The highest BCUT2D eigenvalue weighted by molar-refractivity contribution is 5.98. The number of anilines is 1. The molecule has 136 valence electrons. The monoisotopic (exact) mass is 354 g/mol. The SMILES string of the molecule is CC(Cc1ccccc1F)NC(=O)c1cccc(NC(=O)C2CC2C)c1. The summed E-state index contributed by atoms with van der Waals surface area (Å²) < 4.78 is 13.7. The zero-order chi connectivity index (χ0) is 18.7. The third kappa shape index (κ3) is 4.48. The Hall–Kier alpha value is -2.69. The highest BCUT2D eigenvalue weighted by Gasteiger charge is 2.39. The van der Waals surface area contributed by atoms with Gasteiger partial charge in [-0.05, 0) is 55.5 Å². The van der Waals surface area contributed by atoms with Crippen LogP contribution in [0.4, 0.5) is 10.1 Å². The van der Waals surface area contributed by atoms with Gasteiger partial charge in [-0.3, -0.25) is 9.59 Å². The average molecular weight is 354 g/mol. The summed E-state index contributed by atoms with van der Waals surface area (Å²) in [6.07, 6.45) is 1.33. The van der Waals surface area contributed by atoms with Gasteiger partial charge in [0.05, 0.1) is 0 Å². The van der Waals surface area contributed by atoms with Gasteiger partial charge >= 0.3 is 0 Å². The predicted octanol–water partition coefficient (Wildman–Crippen LogP) is 3.78. The van der Waals surface area contributed by atoms with Gasteiger partial charge in [-0.25, -0.2) is 4.39 Å². The van der Waals surface area contributed by atoms with Crippen LogP contribution < -0.4 is 10.6 Å². The van der Waals surface area contributed by atoms with Crippen molar-refractivity contribution in [3.05, 3.63) is 65.5 Å². The van der Waals surface area contributed by atoms with Crippen molar-refractivity contribution in [2.45, 2.75) is 32.7 Å². The van der Waals surface area contributed by atoms with E-state index in [-0.39, 0.29) is 29.6 Å². The Kier molecular flexibility index (Phi) is 5.35. The molecule has 5 heteroatoms. The smallest absolute Gasteiger partial charge is 0.251 e. The maximum Gasteiger partial charge on any atom is 0.251 e. The summed E-state index contributed by atoms with van der Waals surface area (Å²) in [5.74, 6) is -0.00527. The van der Waals surface area contributed by atoms with Crippen molar-refractivity contribution in [2.24, 2.45) is 11.8 Å². The van der Waals surface area contributed by atoms with Crippen LogP contribution in [0, 0.1) is 17.7 Å². The first-order valence-electron chi connectivity index (χ1n) is 8.89. The van der Waals surface area contributed by atoms with Crippen LogP contribution in [-0.4, -0.2) is 17.9 Å². The standard InChI is InChI=1S/C21H23FN2O2/c1-13-10-18(13)21(26)24-17-8-5-7-16(12-17)20(25)23-14(2)11-15-6-3-4-9-19(15)22/h3-9,12-14,18H,10-11H2,1-2H3,(H,23,25)(H,24,26). The first-order chi connectivity index (χ1) is 12.4. The summed E-state index contributed by atoms with van der Waals surface area (Å²) >= 11 is 0. The van der Waals surface area contributed by atoms with E-state index in [0.29, 0.717) is 29.2 Å². The maximum absolute atomic E-state index is 13.7. The van der Waals surface area contributed by atoms with E-state index >= 15 is 0 Å². The summed E-state index contributed by atoms with van der Waals surface area (Å²) in [6, 6.07) is 13.2. The molecule has 0 saturated heterocycles. The number of carbonyl (C=O) groups is 2. The molecule has 3 rings (SSSR count). The van der Waals surface area contributed by atoms with Crippen molar-refractivity contribution in [3.8, 4) is 0 Å². The number of hydrogen-bond acceptors (Lipinski definition) is 2. The fourth-order valence-electron chi connectivity index (χ4n) is 3.01. The molecule has 1 aliphatic carbocycles. The zero-order valence-corrected chi connectivity index (χ0v) is 15.0. The van der Waals surface area contributed by atoms with Gasteiger partial charge in [-0.2, -0.15) is 0 Å². The van der Waals surface area contributed by atoms with E-state index in [9.17, 15) is 14.0 Å². The summed E-state index contributed by atoms with van der Waals surface area (Å²) in [6.45, 7) is 3.88. The molecule has 0 heterocycles. The molecule has 2 aromatic rings. The summed E-state index contributed by atoms with van der Waals surface area (Å²) in [5, 5.41) is 5.74. The van der Waals surface area contributed by atoms with Gasteiger partial charge in [0.2, 0.25) is 5.91 Å². The van der Waals surface area contributed by atoms with Crippen LogP contribution in [-0.2, 0) is 11.2 Å². The Bertz CT molecular complexity index is 821. The highest BCUT2D eigenvalue weighted by Crippen LogP contribution is 2.38. The normalized spacial score (nSPS) is 19.5. The molecule has 1 fully saturated rings. The summed E-state index contributed by atoms with van der Waals surface area (Å²) in [4.78, 5) is 24.5. The third-order valence-electron chi connectivity index (χ3n) is 4.70. The minimum absolute atomic E-state index is 0.00276. The minimum atomic E-state index is -0.271. The number of halogens is 1. The number of nitrogens with one attached hydrogen (secondary N) is 2. The van der Waals surface area contributed by atoms with E-state index in [2.05, 4.69) is 10.6 Å². The van der Waals surface area contributed by atoms with Crippen molar-refractivity contribution < 1.29 is 14.0 Å². The van der Waals surface area contributed by atoms with Crippen molar-refractivity contribution >= 4 is 17.5 Å². The molecule has 0 aromatic heterocycles. The molecule has 1 saturated carbocycles. The molecule has 1 aliphatic rings. The second-order valence-corrected chi connectivity index (χ2v) is 7.06. The van der Waals surface area contributed by atoms with Gasteiger partial charge < -0.3 is 10.6 Å². The summed E-state index contributed by atoms with van der Waals surface area (Å²) in [5.41, 5.74) is 1.65. The topological polar surface area (TPSA) is 58.2 Å². The zero-order valence-electron chi connectivity index (χ0n) is 15.0. The first-order valence-corrected chi connectivity index (χ1v) is 8.89. The van der Waals surface area contributed by atoms with Crippen LogP contribution in [0.5, 0.6) is 0 Å². The molecule has 26 heavy (non-hydrogen) atoms. The van der Waals surface area contributed by atoms with Crippen LogP contribution in [0.3, 0.4) is 0 Å². The van der Waals surface area contributed by atoms with E-state index in [1.54, 1.807) is 42.5 Å². The van der Waals surface area contributed by atoms with E-state index < -0.39 is 0 Å². The average Bonchev–Trinajstić information content (AvgIpc) is 3.34. The molecule has 3 unspecified atom stereocenters. The molecule has 2 aromatic carbocycles. The van der Waals surface area contributed by atoms with Gasteiger partial charge in [-0.1, -0.05) is 31.2 Å². The number of benzene rings is 2. The largest absolute Gasteiger partial charge is 0.349 e. The van der Waals surface area contributed by atoms with Crippen LogP contribution in [0.2, 0.25) is 0 Å². The van der Waals surface area contributed by atoms with Crippen molar-refractivity contribution in [3.63, 3.8) is 0 Å². The number of carbonyl (C=O) groups excluding carboxylic acids is 2. The molecule has 3 atom stereocenters. The molecular weight excluding hydrogens is 331 g/mol. The van der Waals surface area contributed by atoms with Gasteiger partial charge in [0, 0.05) is 23.2 Å². The second kappa shape index (κ2) is 7.68. The molecule has 0 bridgehead atoms. The quantitative estimate of drug-likeness (QED) is 0.829. The van der Waals surface area contributed by atoms with Gasteiger partial charge in [0.15, 0.2) is 0 Å². The molecule has 2 N–H and O–H groups in total. The van der Waals surface area contributed by atoms with Crippen LogP contribution in [0.25, 0.3) is 0 Å². The number of hydrogen-bond donors (Lipinski definition) is 2. The Labute approximate surface area is 152 Å². The number of amides is 2. The first kappa shape index (κ1) is 18.1. The molecule has 0 spiro atoms. The van der Waals surface area contributed by atoms with Crippen LogP contribution >= 0.6 is 0 Å². The summed E-state index contributed by atoms with van der Waals surface area (Å²) in [7, 11) is 0. The van der Waals surface area contributed by atoms with Crippen molar-refractivity contribution in [2.75, 3.05) is 5.32 Å². The molecular formula is C21H23FN2O2. The van der Waals surface area contributed by atoms with Gasteiger partial charge in [0.1, 0.15) is 5.82 Å². The molecule has 0 aliphatic heterocycles. The van der Waals surface area contributed by atoms with E-state index in [1.807, 2.05) is 13.8 Å². The van der Waals surface area contributed by atoms with Crippen molar-refractivity contribution in [1.29, 1.82) is 0 Å². The number of rotatable bonds is 6. The Morgan fingerprint density at radius 3 is 2.62 bits per heavy atom. The fourth-order valence-corrected chi connectivity index (χ4v) is 3.01. The van der Waals surface area contributed by atoms with Crippen molar-refractivity contribution in [1.82, 2.24) is 5.32 Å². The van der Waals surface area contributed by atoms with E-state index in [0.717, 1.165) is 6.42 Å². The molecule has 4 nitrogen and oxygen atoms in total. The van der Waals surface area contributed by atoms with Crippen LogP contribution in [0.15, 0.2) is 48.5 Å². The Morgan fingerprint density at radius 1 is 1.19 bits per heavy atom. The molecule has 2 amide bonds. The fraction of sp³-hybridized carbons (Fsp3) is 0.333. The molecule has 0 radical (unpaired) electrons. The maximum atomic E-state index is 13.7. The van der Waals surface area contributed by atoms with Crippen LogP contribution in [0.1, 0.15) is 36.2 Å². The van der Waals surface area contributed by atoms with E-state index in [1.165, 1.54) is 6.07 Å². The minimum Gasteiger partial charge on any atom is -0.349 e. The Morgan fingerprint density at radius 2 is 1.92 bits per heavy atom.